The first-order valence-electron chi connectivity index (χ1n) is 11.3. The van der Waals surface area contributed by atoms with E-state index in [1.54, 1.807) is 51.1 Å². The van der Waals surface area contributed by atoms with Gasteiger partial charge in [-0.05, 0) is 67.8 Å². The minimum Gasteiger partial charge on any atom is -0.487 e. The van der Waals surface area contributed by atoms with Gasteiger partial charge in [0.1, 0.15) is 18.0 Å². The summed E-state index contributed by atoms with van der Waals surface area (Å²) in [5, 5.41) is 9.08. The smallest absolute Gasteiger partial charge is 0.419 e. The molecule has 4 rings (SSSR count). The average molecular weight is 510 g/mol. The van der Waals surface area contributed by atoms with Crippen molar-refractivity contribution in [3.8, 4) is 16.9 Å². The second-order valence-electron chi connectivity index (χ2n) is 9.33. The van der Waals surface area contributed by atoms with Gasteiger partial charge in [0.05, 0.1) is 22.7 Å². The molecule has 0 aliphatic carbocycles. The van der Waals surface area contributed by atoms with Crippen LogP contribution in [0.25, 0.3) is 22.0 Å². The van der Waals surface area contributed by atoms with Crippen molar-refractivity contribution in [3.05, 3.63) is 88.8 Å². The van der Waals surface area contributed by atoms with Crippen molar-refractivity contribution in [2.24, 2.45) is 0 Å². The molecule has 0 atom stereocenters. The fourth-order valence-corrected chi connectivity index (χ4v) is 3.96. The van der Waals surface area contributed by atoms with Crippen molar-refractivity contribution < 1.29 is 28.6 Å². The molecule has 1 N–H and O–H groups in total. The first kappa shape index (κ1) is 25.3. The van der Waals surface area contributed by atoms with Gasteiger partial charge in [0.15, 0.2) is 5.82 Å². The van der Waals surface area contributed by atoms with Crippen LogP contribution >= 0.6 is 11.6 Å². The summed E-state index contributed by atoms with van der Waals surface area (Å²) in [5.41, 5.74) is 2.62. The SMILES string of the molecule is CC(C)(C)OC(=O)n1c(COc2ccc(-c3ccc(CC(=O)O)cc3)cc2)cc2c(F)c(Cl)ccc21. The van der Waals surface area contributed by atoms with Crippen LogP contribution in [0.1, 0.15) is 32.0 Å². The fraction of sp³-hybridized carbons (Fsp3) is 0.214. The summed E-state index contributed by atoms with van der Waals surface area (Å²) in [6.45, 7) is 5.26. The number of nitrogens with zero attached hydrogens (tertiary/aromatic N) is 1. The quantitative estimate of drug-likeness (QED) is 0.300. The highest BCUT2D eigenvalue weighted by atomic mass is 35.5. The van der Waals surface area contributed by atoms with Crippen molar-refractivity contribution >= 4 is 34.6 Å². The predicted molar refractivity (Wildman–Crippen MR) is 136 cm³/mol. The molecule has 0 unspecified atom stereocenters. The maximum Gasteiger partial charge on any atom is 0.419 e. The Morgan fingerprint density at radius 2 is 1.58 bits per heavy atom. The van der Waals surface area contributed by atoms with Gasteiger partial charge in [-0.15, -0.1) is 0 Å². The molecule has 0 bridgehead atoms. The third kappa shape index (κ3) is 5.69. The van der Waals surface area contributed by atoms with Gasteiger partial charge >= 0.3 is 12.1 Å². The number of carbonyl (C=O) groups is 2. The zero-order valence-corrected chi connectivity index (χ0v) is 20.8. The highest BCUT2D eigenvalue weighted by Crippen LogP contribution is 2.30. The number of benzene rings is 3. The van der Waals surface area contributed by atoms with Crippen LogP contribution in [0, 0.1) is 5.82 Å². The van der Waals surface area contributed by atoms with E-state index in [-0.39, 0.29) is 23.4 Å². The lowest BCUT2D eigenvalue weighted by atomic mass is 10.0. The van der Waals surface area contributed by atoms with Crippen LogP contribution in [0.2, 0.25) is 5.02 Å². The molecule has 0 saturated carbocycles. The first-order chi connectivity index (χ1) is 17.0. The Labute approximate surface area is 212 Å². The summed E-state index contributed by atoms with van der Waals surface area (Å²) in [6.07, 6.45) is -0.664. The van der Waals surface area contributed by atoms with Gasteiger partial charge in [-0.2, -0.15) is 0 Å². The topological polar surface area (TPSA) is 77.8 Å². The minimum absolute atomic E-state index is 0.00574. The van der Waals surface area contributed by atoms with Crippen LogP contribution in [0.4, 0.5) is 9.18 Å². The van der Waals surface area contributed by atoms with E-state index >= 15 is 0 Å². The number of rotatable bonds is 6. The van der Waals surface area contributed by atoms with E-state index in [2.05, 4.69) is 0 Å². The summed E-state index contributed by atoms with van der Waals surface area (Å²) in [7, 11) is 0. The lowest BCUT2D eigenvalue weighted by molar-refractivity contribution is -0.136. The molecule has 0 aliphatic heterocycles. The van der Waals surface area contributed by atoms with Gasteiger partial charge in [0, 0.05) is 5.39 Å². The molecule has 8 heteroatoms. The number of halogens is 2. The first-order valence-corrected chi connectivity index (χ1v) is 11.7. The normalized spacial score (nSPS) is 11.5. The highest BCUT2D eigenvalue weighted by molar-refractivity contribution is 6.31. The molecule has 3 aromatic carbocycles. The second-order valence-corrected chi connectivity index (χ2v) is 9.73. The Bertz CT molecular complexity index is 1420. The average Bonchev–Trinajstić information content (AvgIpc) is 3.19. The van der Waals surface area contributed by atoms with Crippen molar-refractivity contribution in [2.75, 3.05) is 0 Å². The summed E-state index contributed by atoms with van der Waals surface area (Å²) in [4.78, 5) is 23.8. The second kappa shape index (κ2) is 10.0. The summed E-state index contributed by atoms with van der Waals surface area (Å²) >= 11 is 5.95. The Kier molecular flexibility index (Phi) is 7.04. The molecule has 0 aliphatic rings. The standard InChI is InChI=1S/C28H25ClFNO5/c1-28(2,3)36-27(34)31-20(15-22-24(31)13-12-23(29)26(22)30)16-35-21-10-8-19(9-11-21)18-6-4-17(5-7-18)14-25(32)33/h4-13,15H,14,16H2,1-3H3,(H,32,33). The number of carboxylic acid groups (broad SMARTS) is 1. The van der Waals surface area contributed by atoms with Crippen molar-refractivity contribution in [1.29, 1.82) is 0 Å². The number of aliphatic carboxylic acids is 1. The predicted octanol–water partition coefficient (Wildman–Crippen LogP) is 7.09. The molecule has 0 saturated heterocycles. The van der Waals surface area contributed by atoms with Crippen LogP contribution in [0.15, 0.2) is 66.7 Å². The number of aromatic nitrogens is 1. The number of carbonyl (C=O) groups excluding carboxylic acids is 1. The minimum atomic E-state index is -0.874. The third-order valence-corrected chi connectivity index (χ3v) is 5.70. The monoisotopic (exact) mass is 509 g/mol. The molecular weight excluding hydrogens is 485 g/mol. The molecule has 1 aromatic heterocycles. The van der Waals surface area contributed by atoms with Gasteiger partial charge in [0.2, 0.25) is 0 Å². The molecule has 0 amide bonds. The van der Waals surface area contributed by atoms with Crippen LogP contribution in [0.3, 0.4) is 0 Å². The van der Waals surface area contributed by atoms with Gasteiger partial charge in [-0.3, -0.25) is 4.79 Å². The van der Waals surface area contributed by atoms with E-state index in [9.17, 15) is 14.0 Å². The van der Waals surface area contributed by atoms with Crippen LogP contribution in [0.5, 0.6) is 5.75 Å². The lowest BCUT2D eigenvalue weighted by Crippen LogP contribution is -2.28. The van der Waals surface area contributed by atoms with E-state index in [1.807, 2.05) is 24.3 Å². The van der Waals surface area contributed by atoms with Gasteiger partial charge in [-0.1, -0.05) is 48.0 Å². The van der Waals surface area contributed by atoms with E-state index in [1.165, 1.54) is 16.7 Å². The number of hydrogen-bond donors (Lipinski definition) is 1. The zero-order valence-electron chi connectivity index (χ0n) is 20.0. The summed E-state index contributed by atoms with van der Waals surface area (Å²) < 4.78 is 27.4. The zero-order chi connectivity index (χ0) is 26.0. The number of carboxylic acids is 1. The molecule has 0 fully saturated rings. The summed E-state index contributed by atoms with van der Waals surface area (Å²) in [6, 6.07) is 19.2. The molecule has 0 spiro atoms. The molecular formula is C28H25ClFNO5. The van der Waals surface area contributed by atoms with E-state index < -0.39 is 23.5 Å². The number of hydrogen-bond acceptors (Lipinski definition) is 4. The van der Waals surface area contributed by atoms with Gasteiger partial charge in [0.25, 0.3) is 0 Å². The molecule has 186 valence electrons. The fourth-order valence-electron chi connectivity index (χ4n) is 3.79. The Morgan fingerprint density at radius 3 is 2.17 bits per heavy atom. The molecule has 36 heavy (non-hydrogen) atoms. The maximum absolute atomic E-state index is 14.7. The van der Waals surface area contributed by atoms with E-state index in [0.29, 0.717) is 17.0 Å². The van der Waals surface area contributed by atoms with Crippen molar-refractivity contribution in [3.63, 3.8) is 0 Å². The van der Waals surface area contributed by atoms with Gasteiger partial charge < -0.3 is 14.6 Å². The Morgan fingerprint density at radius 1 is 0.972 bits per heavy atom. The molecule has 4 aromatic rings. The largest absolute Gasteiger partial charge is 0.487 e. The van der Waals surface area contributed by atoms with Crippen molar-refractivity contribution in [1.82, 2.24) is 4.57 Å². The molecule has 6 nitrogen and oxygen atoms in total. The molecule has 0 radical (unpaired) electrons. The van der Waals surface area contributed by atoms with Crippen LogP contribution in [-0.4, -0.2) is 27.3 Å². The Balaban J connectivity index is 1.56. The van der Waals surface area contributed by atoms with E-state index in [4.69, 9.17) is 26.2 Å². The lowest BCUT2D eigenvalue weighted by Gasteiger charge is -2.21. The highest BCUT2D eigenvalue weighted by Gasteiger charge is 2.24. The number of fused-ring (bicyclic) bond motifs is 1. The van der Waals surface area contributed by atoms with Crippen molar-refractivity contribution in [2.45, 2.75) is 39.4 Å². The summed E-state index contributed by atoms with van der Waals surface area (Å²) in [5.74, 6) is -0.932. The maximum atomic E-state index is 14.7. The van der Waals surface area contributed by atoms with Crippen LogP contribution in [-0.2, 0) is 22.6 Å². The number of ether oxygens (including phenoxy) is 2. The van der Waals surface area contributed by atoms with Crippen LogP contribution < -0.4 is 4.74 Å². The molecule has 1 heterocycles. The van der Waals surface area contributed by atoms with E-state index in [0.717, 1.165) is 16.7 Å². The van der Waals surface area contributed by atoms with Gasteiger partial charge in [-0.25, -0.2) is 13.8 Å². The Hall–Kier alpha value is -3.84. The third-order valence-electron chi connectivity index (χ3n) is 5.41.